The fraction of sp³-hybridized carbons (Fsp3) is 0.353. The monoisotopic (exact) mass is 357 g/mol. The minimum absolute atomic E-state index is 0.262. The number of benzene rings is 1. The van der Waals surface area contributed by atoms with Crippen LogP contribution in [0.4, 0.5) is 5.82 Å². The summed E-state index contributed by atoms with van der Waals surface area (Å²) in [6.07, 6.45) is 2.94. The summed E-state index contributed by atoms with van der Waals surface area (Å²) in [6.45, 7) is 1.69. The Morgan fingerprint density at radius 1 is 1.04 bits per heavy atom. The first-order valence-electron chi connectivity index (χ1n) is 8.16. The van der Waals surface area contributed by atoms with Crippen molar-refractivity contribution in [3.05, 3.63) is 47.7 Å². The van der Waals surface area contributed by atoms with Crippen LogP contribution in [-0.2, 0) is 16.6 Å². The Bertz CT molecular complexity index is 851. The maximum absolute atomic E-state index is 12.6. The summed E-state index contributed by atoms with van der Waals surface area (Å²) in [5.41, 5.74) is 1.20. The zero-order chi connectivity index (χ0) is 17.7. The average Bonchev–Trinajstić information content (AvgIpc) is 2.68. The van der Waals surface area contributed by atoms with Gasteiger partial charge in [0, 0.05) is 19.6 Å². The lowest BCUT2D eigenvalue weighted by Gasteiger charge is -2.25. The molecule has 1 aromatic carbocycles. The molecule has 1 fully saturated rings. The van der Waals surface area contributed by atoms with E-state index in [2.05, 4.69) is 15.5 Å². The highest BCUT2D eigenvalue weighted by atomic mass is 32.2. The Labute approximate surface area is 147 Å². The SMILES string of the molecule is N#Cc1ccc(NCc2ccc(S(=O)(=O)N3CCCCC3)cc2)nn1. The minimum Gasteiger partial charge on any atom is -0.365 e. The van der Waals surface area contributed by atoms with Gasteiger partial charge in [0.1, 0.15) is 11.9 Å². The summed E-state index contributed by atoms with van der Waals surface area (Å²) in [5, 5.41) is 19.4. The van der Waals surface area contributed by atoms with Crippen LogP contribution in [0, 0.1) is 11.3 Å². The molecular formula is C17H19N5O2S. The normalized spacial score (nSPS) is 15.5. The van der Waals surface area contributed by atoms with Crippen molar-refractivity contribution in [1.82, 2.24) is 14.5 Å². The van der Waals surface area contributed by atoms with Crippen molar-refractivity contribution < 1.29 is 8.42 Å². The number of sulfonamides is 1. The molecule has 1 aromatic heterocycles. The van der Waals surface area contributed by atoms with Gasteiger partial charge >= 0.3 is 0 Å². The van der Waals surface area contributed by atoms with Crippen molar-refractivity contribution in [2.75, 3.05) is 18.4 Å². The Balaban J connectivity index is 1.64. The third kappa shape index (κ3) is 4.13. The van der Waals surface area contributed by atoms with Crippen molar-refractivity contribution in [2.45, 2.75) is 30.7 Å². The third-order valence-corrected chi connectivity index (χ3v) is 6.04. The van der Waals surface area contributed by atoms with E-state index in [0.717, 1.165) is 24.8 Å². The van der Waals surface area contributed by atoms with E-state index in [1.165, 1.54) is 0 Å². The second-order valence-electron chi connectivity index (χ2n) is 5.88. The fourth-order valence-corrected chi connectivity index (χ4v) is 4.23. The Morgan fingerprint density at radius 3 is 2.36 bits per heavy atom. The summed E-state index contributed by atoms with van der Waals surface area (Å²) >= 11 is 0. The average molecular weight is 357 g/mol. The van der Waals surface area contributed by atoms with E-state index >= 15 is 0 Å². The molecule has 2 heterocycles. The molecule has 1 N–H and O–H groups in total. The number of nitriles is 1. The van der Waals surface area contributed by atoms with Crippen LogP contribution >= 0.6 is 0 Å². The van der Waals surface area contributed by atoms with Crippen molar-refractivity contribution in [3.8, 4) is 6.07 Å². The van der Waals surface area contributed by atoms with Gasteiger partial charge in [-0.15, -0.1) is 10.2 Å². The third-order valence-electron chi connectivity index (χ3n) is 4.13. The van der Waals surface area contributed by atoms with Crippen molar-refractivity contribution in [1.29, 1.82) is 5.26 Å². The summed E-state index contributed by atoms with van der Waals surface area (Å²) in [7, 11) is -3.39. The molecule has 130 valence electrons. The minimum atomic E-state index is -3.39. The number of piperidine rings is 1. The first-order chi connectivity index (χ1) is 12.1. The topological polar surface area (TPSA) is 99.0 Å². The van der Waals surface area contributed by atoms with Crippen molar-refractivity contribution in [2.24, 2.45) is 0 Å². The highest BCUT2D eigenvalue weighted by Crippen LogP contribution is 2.21. The van der Waals surface area contributed by atoms with Crippen LogP contribution in [0.3, 0.4) is 0 Å². The molecule has 0 radical (unpaired) electrons. The highest BCUT2D eigenvalue weighted by molar-refractivity contribution is 7.89. The van der Waals surface area contributed by atoms with Crippen LogP contribution in [0.25, 0.3) is 0 Å². The maximum atomic E-state index is 12.6. The van der Waals surface area contributed by atoms with Gasteiger partial charge in [-0.2, -0.15) is 9.57 Å². The van der Waals surface area contributed by atoms with Gasteiger partial charge in [-0.25, -0.2) is 8.42 Å². The molecule has 0 atom stereocenters. The molecule has 0 aliphatic carbocycles. The number of aromatic nitrogens is 2. The second-order valence-corrected chi connectivity index (χ2v) is 7.82. The molecule has 0 bridgehead atoms. The Kier molecular flexibility index (Phi) is 5.26. The summed E-state index contributed by atoms with van der Waals surface area (Å²) in [6, 6.07) is 12.1. The number of nitrogens with one attached hydrogen (secondary N) is 1. The van der Waals surface area contributed by atoms with Crippen LogP contribution in [0.5, 0.6) is 0 Å². The number of anilines is 1. The molecule has 1 saturated heterocycles. The molecule has 8 heteroatoms. The van der Waals surface area contributed by atoms with E-state index in [-0.39, 0.29) is 5.69 Å². The lowest BCUT2D eigenvalue weighted by Crippen LogP contribution is -2.35. The highest BCUT2D eigenvalue weighted by Gasteiger charge is 2.25. The van der Waals surface area contributed by atoms with E-state index in [1.54, 1.807) is 40.7 Å². The quantitative estimate of drug-likeness (QED) is 0.880. The van der Waals surface area contributed by atoms with Crippen LogP contribution in [-0.4, -0.2) is 36.0 Å². The van der Waals surface area contributed by atoms with E-state index in [1.807, 2.05) is 6.07 Å². The zero-order valence-electron chi connectivity index (χ0n) is 13.7. The van der Waals surface area contributed by atoms with Gasteiger partial charge in [0.2, 0.25) is 10.0 Å². The molecule has 0 saturated carbocycles. The number of hydrogen-bond donors (Lipinski definition) is 1. The number of nitrogens with zero attached hydrogens (tertiary/aromatic N) is 4. The predicted molar refractivity (Wildman–Crippen MR) is 93.1 cm³/mol. The van der Waals surface area contributed by atoms with Gasteiger partial charge in [0.15, 0.2) is 5.69 Å². The van der Waals surface area contributed by atoms with Gasteiger partial charge < -0.3 is 5.32 Å². The molecule has 1 aliphatic rings. The van der Waals surface area contributed by atoms with Gasteiger partial charge in [-0.1, -0.05) is 18.6 Å². The van der Waals surface area contributed by atoms with E-state index in [9.17, 15) is 8.42 Å². The summed E-state index contributed by atoms with van der Waals surface area (Å²) in [4.78, 5) is 0.330. The molecule has 0 spiro atoms. The van der Waals surface area contributed by atoms with Crippen LogP contribution in [0.1, 0.15) is 30.5 Å². The number of rotatable bonds is 5. The first kappa shape index (κ1) is 17.3. The van der Waals surface area contributed by atoms with Gasteiger partial charge in [-0.05, 0) is 42.7 Å². The fourth-order valence-electron chi connectivity index (χ4n) is 2.71. The summed E-state index contributed by atoms with van der Waals surface area (Å²) < 4.78 is 26.8. The predicted octanol–water partition coefficient (Wildman–Crippen LogP) is 2.13. The molecular weight excluding hydrogens is 338 g/mol. The standard InChI is InChI=1S/C17H19N5O2S/c18-12-15-6-9-17(21-20-15)19-13-14-4-7-16(8-5-14)25(23,24)22-10-2-1-3-11-22/h4-9H,1-3,10-11,13H2,(H,19,21). The molecule has 3 rings (SSSR count). The molecule has 0 amide bonds. The van der Waals surface area contributed by atoms with Gasteiger partial charge in [0.05, 0.1) is 4.90 Å². The molecule has 7 nitrogen and oxygen atoms in total. The second kappa shape index (κ2) is 7.59. The number of hydrogen-bond acceptors (Lipinski definition) is 6. The van der Waals surface area contributed by atoms with Crippen LogP contribution in [0.2, 0.25) is 0 Å². The zero-order valence-corrected chi connectivity index (χ0v) is 14.5. The van der Waals surface area contributed by atoms with E-state index in [4.69, 9.17) is 5.26 Å². The smallest absolute Gasteiger partial charge is 0.243 e. The van der Waals surface area contributed by atoms with E-state index in [0.29, 0.717) is 30.3 Å². The van der Waals surface area contributed by atoms with Crippen molar-refractivity contribution >= 4 is 15.8 Å². The lowest BCUT2D eigenvalue weighted by atomic mass is 10.2. The van der Waals surface area contributed by atoms with Gasteiger partial charge in [0.25, 0.3) is 0 Å². The largest absolute Gasteiger partial charge is 0.365 e. The first-order valence-corrected chi connectivity index (χ1v) is 9.60. The van der Waals surface area contributed by atoms with Crippen molar-refractivity contribution in [3.63, 3.8) is 0 Å². The Hall–Kier alpha value is -2.50. The van der Waals surface area contributed by atoms with Gasteiger partial charge in [-0.3, -0.25) is 0 Å². The summed E-state index contributed by atoms with van der Waals surface area (Å²) in [5.74, 6) is 0.559. The molecule has 0 unspecified atom stereocenters. The maximum Gasteiger partial charge on any atom is 0.243 e. The molecule has 25 heavy (non-hydrogen) atoms. The lowest BCUT2D eigenvalue weighted by molar-refractivity contribution is 0.346. The van der Waals surface area contributed by atoms with Crippen LogP contribution < -0.4 is 5.32 Å². The Morgan fingerprint density at radius 2 is 1.76 bits per heavy atom. The van der Waals surface area contributed by atoms with E-state index < -0.39 is 10.0 Å². The molecule has 2 aromatic rings. The van der Waals surface area contributed by atoms with Crippen LogP contribution in [0.15, 0.2) is 41.3 Å². The molecule has 1 aliphatic heterocycles.